The smallest absolute Gasteiger partial charge is 0.341 e. The minimum atomic E-state index is -0.521. The average Bonchev–Trinajstić information content (AvgIpc) is 2.56. The summed E-state index contributed by atoms with van der Waals surface area (Å²) in [7, 11) is 1.70. The Kier molecular flexibility index (Phi) is 3.22. The topological polar surface area (TPSA) is 57.0 Å². The molecule has 90 valence electrons. The molecule has 7 heteroatoms. The Morgan fingerprint density at radius 2 is 2.24 bits per heavy atom. The number of fused-ring (bicyclic) bond motifs is 1. The molecular formula is C10H9Cl2N3O2. The third-order valence-corrected chi connectivity index (χ3v) is 2.90. The maximum atomic E-state index is 11.6. The standard InChI is InChI=1S/C10H9Cl2N3O2/c1-3-17-10(16)5-4-13-9-6(7(5)11)8(12)14-15(9)2/h4H,3H2,1-2H3. The van der Waals surface area contributed by atoms with Crippen molar-refractivity contribution < 1.29 is 9.53 Å². The largest absolute Gasteiger partial charge is 0.462 e. The monoisotopic (exact) mass is 273 g/mol. The number of esters is 1. The highest BCUT2D eigenvalue weighted by Gasteiger charge is 2.19. The molecule has 0 N–H and O–H groups in total. The first kappa shape index (κ1) is 12.1. The lowest BCUT2D eigenvalue weighted by atomic mass is 10.2. The van der Waals surface area contributed by atoms with Crippen LogP contribution in [0.5, 0.6) is 0 Å². The van der Waals surface area contributed by atoms with Gasteiger partial charge in [0, 0.05) is 13.2 Å². The highest BCUT2D eigenvalue weighted by Crippen LogP contribution is 2.31. The van der Waals surface area contributed by atoms with Crippen molar-refractivity contribution in [2.75, 3.05) is 6.61 Å². The first-order valence-electron chi connectivity index (χ1n) is 4.90. The van der Waals surface area contributed by atoms with Crippen molar-refractivity contribution in [1.29, 1.82) is 0 Å². The van der Waals surface area contributed by atoms with Gasteiger partial charge in [-0.15, -0.1) is 0 Å². The molecule has 5 nitrogen and oxygen atoms in total. The zero-order valence-corrected chi connectivity index (χ0v) is 10.7. The minimum absolute atomic E-state index is 0.191. The van der Waals surface area contributed by atoms with Gasteiger partial charge in [-0.25, -0.2) is 14.5 Å². The second-order valence-electron chi connectivity index (χ2n) is 3.32. The van der Waals surface area contributed by atoms with Gasteiger partial charge in [-0.05, 0) is 6.92 Å². The summed E-state index contributed by atoms with van der Waals surface area (Å²) in [5.41, 5.74) is 0.712. The summed E-state index contributed by atoms with van der Waals surface area (Å²) in [6.45, 7) is 1.99. The van der Waals surface area contributed by atoms with E-state index in [9.17, 15) is 4.79 Å². The van der Waals surface area contributed by atoms with Crippen LogP contribution in [0, 0.1) is 0 Å². The van der Waals surface area contributed by atoms with E-state index in [4.69, 9.17) is 27.9 Å². The Morgan fingerprint density at radius 1 is 1.53 bits per heavy atom. The summed E-state index contributed by atoms with van der Waals surface area (Å²) in [5, 5.41) is 4.87. The summed E-state index contributed by atoms with van der Waals surface area (Å²) in [6, 6.07) is 0. The fourth-order valence-electron chi connectivity index (χ4n) is 1.49. The van der Waals surface area contributed by atoms with E-state index in [1.54, 1.807) is 14.0 Å². The van der Waals surface area contributed by atoms with Crippen LogP contribution in [0.2, 0.25) is 10.2 Å². The number of carbonyl (C=O) groups excluding carboxylic acids is 1. The second-order valence-corrected chi connectivity index (χ2v) is 4.06. The van der Waals surface area contributed by atoms with Gasteiger partial charge in [-0.1, -0.05) is 23.2 Å². The molecular weight excluding hydrogens is 265 g/mol. The van der Waals surface area contributed by atoms with Crippen molar-refractivity contribution in [3.05, 3.63) is 21.9 Å². The van der Waals surface area contributed by atoms with E-state index in [2.05, 4.69) is 10.1 Å². The lowest BCUT2D eigenvalue weighted by Gasteiger charge is -2.04. The molecule has 0 aliphatic rings. The molecule has 0 aromatic carbocycles. The van der Waals surface area contributed by atoms with E-state index >= 15 is 0 Å². The Morgan fingerprint density at radius 3 is 2.88 bits per heavy atom. The lowest BCUT2D eigenvalue weighted by molar-refractivity contribution is 0.0526. The number of ether oxygens (including phenoxy) is 1. The van der Waals surface area contributed by atoms with Gasteiger partial charge in [-0.2, -0.15) is 5.10 Å². The average molecular weight is 274 g/mol. The molecule has 0 fully saturated rings. The number of hydrogen-bond donors (Lipinski definition) is 0. The third kappa shape index (κ3) is 1.96. The van der Waals surface area contributed by atoms with Crippen molar-refractivity contribution in [3.8, 4) is 0 Å². The van der Waals surface area contributed by atoms with E-state index in [1.807, 2.05) is 0 Å². The molecule has 0 unspecified atom stereocenters. The molecule has 0 radical (unpaired) electrons. The van der Waals surface area contributed by atoms with E-state index in [1.165, 1.54) is 10.9 Å². The predicted octanol–water partition coefficient (Wildman–Crippen LogP) is 2.45. The van der Waals surface area contributed by atoms with Crippen LogP contribution >= 0.6 is 23.2 Å². The number of aromatic nitrogens is 3. The van der Waals surface area contributed by atoms with Crippen molar-refractivity contribution in [2.45, 2.75) is 6.92 Å². The number of hydrogen-bond acceptors (Lipinski definition) is 4. The minimum Gasteiger partial charge on any atom is -0.462 e. The van der Waals surface area contributed by atoms with Gasteiger partial charge in [0.25, 0.3) is 0 Å². The van der Waals surface area contributed by atoms with Gasteiger partial charge in [0.2, 0.25) is 0 Å². The van der Waals surface area contributed by atoms with Crippen LogP contribution < -0.4 is 0 Å². The quantitative estimate of drug-likeness (QED) is 0.789. The summed E-state index contributed by atoms with van der Waals surface area (Å²) < 4.78 is 6.37. The Balaban J connectivity index is 2.65. The highest BCUT2D eigenvalue weighted by atomic mass is 35.5. The SMILES string of the molecule is CCOC(=O)c1cnc2c(c(Cl)nn2C)c1Cl. The molecule has 2 rings (SSSR count). The maximum absolute atomic E-state index is 11.6. The molecule has 0 saturated carbocycles. The fraction of sp³-hybridized carbons (Fsp3) is 0.300. The van der Waals surface area contributed by atoms with E-state index < -0.39 is 5.97 Å². The number of nitrogens with zero attached hydrogens (tertiary/aromatic N) is 3. The molecule has 2 aromatic rings. The van der Waals surface area contributed by atoms with Crippen LogP contribution in [0.4, 0.5) is 0 Å². The van der Waals surface area contributed by atoms with Crippen LogP contribution in [0.25, 0.3) is 11.0 Å². The number of aryl methyl sites for hydroxylation is 1. The van der Waals surface area contributed by atoms with Crippen LogP contribution in [-0.2, 0) is 11.8 Å². The second kappa shape index (κ2) is 4.50. The zero-order valence-electron chi connectivity index (χ0n) is 9.20. The van der Waals surface area contributed by atoms with Gasteiger partial charge < -0.3 is 4.74 Å². The molecule has 2 heterocycles. The van der Waals surface area contributed by atoms with Gasteiger partial charge in [0.1, 0.15) is 0 Å². The highest BCUT2D eigenvalue weighted by molar-refractivity contribution is 6.43. The van der Waals surface area contributed by atoms with Crippen LogP contribution in [-0.4, -0.2) is 27.3 Å². The zero-order chi connectivity index (χ0) is 12.6. The van der Waals surface area contributed by atoms with Crippen molar-refractivity contribution in [2.24, 2.45) is 7.05 Å². The van der Waals surface area contributed by atoms with Crippen LogP contribution in [0.3, 0.4) is 0 Å². The third-order valence-electron chi connectivity index (χ3n) is 2.24. The van der Waals surface area contributed by atoms with Crippen molar-refractivity contribution in [1.82, 2.24) is 14.8 Å². The first-order valence-corrected chi connectivity index (χ1v) is 5.65. The molecule has 0 spiro atoms. The maximum Gasteiger partial charge on any atom is 0.341 e. The Hall–Kier alpha value is -1.33. The summed E-state index contributed by atoms with van der Waals surface area (Å²) >= 11 is 12.0. The molecule has 0 aliphatic heterocycles. The molecule has 0 bridgehead atoms. The molecule has 17 heavy (non-hydrogen) atoms. The van der Waals surface area contributed by atoms with Crippen LogP contribution in [0.1, 0.15) is 17.3 Å². The van der Waals surface area contributed by atoms with Crippen molar-refractivity contribution >= 4 is 40.2 Å². The van der Waals surface area contributed by atoms with Crippen LogP contribution in [0.15, 0.2) is 6.20 Å². The number of carbonyl (C=O) groups is 1. The van der Waals surface area contributed by atoms with E-state index in [0.717, 1.165) is 0 Å². The van der Waals surface area contributed by atoms with Gasteiger partial charge in [0.05, 0.1) is 22.6 Å². The van der Waals surface area contributed by atoms with Gasteiger partial charge >= 0.3 is 5.97 Å². The molecule has 0 atom stereocenters. The van der Waals surface area contributed by atoms with E-state index in [0.29, 0.717) is 11.0 Å². The van der Waals surface area contributed by atoms with Gasteiger partial charge in [0.15, 0.2) is 10.8 Å². The molecule has 0 amide bonds. The first-order chi connectivity index (χ1) is 8.06. The predicted molar refractivity (Wildman–Crippen MR) is 64.5 cm³/mol. The van der Waals surface area contributed by atoms with E-state index in [-0.39, 0.29) is 22.3 Å². The Labute approximate surface area is 107 Å². The van der Waals surface area contributed by atoms with Gasteiger partial charge in [-0.3, -0.25) is 0 Å². The number of pyridine rings is 1. The summed E-state index contributed by atoms with van der Waals surface area (Å²) in [6.07, 6.45) is 1.36. The lowest BCUT2D eigenvalue weighted by Crippen LogP contribution is -2.06. The normalized spacial score (nSPS) is 10.8. The Bertz CT molecular complexity index is 595. The molecule has 0 saturated heterocycles. The van der Waals surface area contributed by atoms with Crippen molar-refractivity contribution in [3.63, 3.8) is 0 Å². The fourth-order valence-corrected chi connectivity index (χ4v) is 2.13. The number of halogens is 2. The number of rotatable bonds is 2. The summed E-state index contributed by atoms with van der Waals surface area (Å²) in [5.74, 6) is -0.521. The summed E-state index contributed by atoms with van der Waals surface area (Å²) in [4.78, 5) is 15.7. The molecule has 0 aliphatic carbocycles. The molecule has 2 aromatic heterocycles.